The molecule has 2 bridgehead atoms. The highest BCUT2D eigenvalue weighted by molar-refractivity contribution is 4.97. The maximum atomic E-state index is 4.04. The number of hydrogen-bond donors (Lipinski definition) is 1. The minimum atomic E-state index is 0.808. The van der Waals surface area contributed by atoms with Crippen molar-refractivity contribution in [3.63, 3.8) is 0 Å². The number of fused-ring (bicyclic) bond motifs is 2. The molecular weight excluding hydrogens is 208 g/mol. The Balaban J connectivity index is 1.88. The van der Waals surface area contributed by atoms with Gasteiger partial charge in [-0.05, 0) is 52.0 Å². The van der Waals surface area contributed by atoms with E-state index in [0.29, 0.717) is 0 Å². The molecule has 2 unspecified atom stereocenters. The van der Waals surface area contributed by atoms with Crippen LogP contribution in [0.4, 0.5) is 0 Å². The molecule has 0 amide bonds. The Bertz CT molecular complexity index is 250. The topological polar surface area (TPSA) is 15.3 Å². The Kier molecular flexibility index (Phi) is 4.63. The molecule has 0 radical (unpaired) electrons. The number of hydrogen-bond acceptors (Lipinski definition) is 2. The summed E-state index contributed by atoms with van der Waals surface area (Å²) >= 11 is 0. The summed E-state index contributed by atoms with van der Waals surface area (Å²) in [6.45, 7) is 11.0. The molecule has 0 spiro atoms. The van der Waals surface area contributed by atoms with Crippen LogP contribution in [0.3, 0.4) is 0 Å². The molecule has 2 rings (SSSR count). The van der Waals surface area contributed by atoms with Gasteiger partial charge in [0.1, 0.15) is 0 Å². The van der Waals surface area contributed by atoms with Crippen LogP contribution in [0.1, 0.15) is 52.4 Å². The van der Waals surface area contributed by atoms with E-state index in [1.165, 1.54) is 57.2 Å². The molecule has 2 atom stereocenters. The summed E-state index contributed by atoms with van der Waals surface area (Å²) in [7, 11) is 0. The molecule has 0 aromatic carbocycles. The van der Waals surface area contributed by atoms with E-state index >= 15 is 0 Å². The standard InChI is InChI=1S/C15H28N2/c1-4-8-17(9-7-12(2)3)15-10-13-5-6-14(11-15)16-13/h13-16H,2,4-11H2,1,3H3. The van der Waals surface area contributed by atoms with E-state index in [1.54, 1.807) is 0 Å². The highest BCUT2D eigenvalue weighted by Crippen LogP contribution is 2.30. The Hall–Kier alpha value is -0.340. The van der Waals surface area contributed by atoms with Crippen molar-refractivity contribution in [1.29, 1.82) is 0 Å². The summed E-state index contributed by atoms with van der Waals surface area (Å²) in [4.78, 5) is 2.72. The van der Waals surface area contributed by atoms with Gasteiger partial charge in [0.15, 0.2) is 0 Å². The predicted octanol–water partition coefficient (Wildman–Crippen LogP) is 2.95. The minimum absolute atomic E-state index is 0.808. The molecule has 2 fully saturated rings. The van der Waals surface area contributed by atoms with Crippen LogP contribution in [0, 0.1) is 0 Å². The van der Waals surface area contributed by atoms with Crippen molar-refractivity contribution in [3.05, 3.63) is 12.2 Å². The molecule has 2 heteroatoms. The third-order valence-corrected chi connectivity index (χ3v) is 4.30. The first-order valence-corrected chi connectivity index (χ1v) is 7.33. The predicted molar refractivity (Wildman–Crippen MR) is 74.3 cm³/mol. The normalized spacial score (nSPS) is 32.1. The Morgan fingerprint density at radius 2 is 1.88 bits per heavy atom. The average molecular weight is 236 g/mol. The molecule has 17 heavy (non-hydrogen) atoms. The van der Waals surface area contributed by atoms with Gasteiger partial charge in [0, 0.05) is 24.7 Å². The van der Waals surface area contributed by atoms with Gasteiger partial charge in [0.05, 0.1) is 0 Å². The van der Waals surface area contributed by atoms with Crippen LogP contribution in [0.5, 0.6) is 0 Å². The van der Waals surface area contributed by atoms with E-state index in [-0.39, 0.29) is 0 Å². The number of piperidine rings is 1. The van der Waals surface area contributed by atoms with Crippen LogP contribution in [0.15, 0.2) is 12.2 Å². The fraction of sp³-hybridized carbons (Fsp3) is 0.867. The van der Waals surface area contributed by atoms with Gasteiger partial charge in [-0.2, -0.15) is 0 Å². The summed E-state index contributed by atoms with van der Waals surface area (Å²) in [5, 5.41) is 3.74. The van der Waals surface area contributed by atoms with Crippen LogP contribution < -0.4 is 5.32 Å². The van der Waals surface area contributed by atoms with E-state index in [9.17, 15) is 0 Å². The first kappa shape index (κ1) is 13.1. The van der Waals surface area contributed by atoms with E-state index in [2.05, 4.69) is 30.6 Å². The van der Waals surface area contributed by atoms with Gasteiger partial charge in [-0.25, -0.2) is 0 Å². The molecule has 0 saturated carbocycles. The van der Waals surface area contributed by atoms with Crippen molar-refractivity contribution >= 4 is 0 Å². The molecule has 98 valence electrons. The molecule has 1 N–H and O–H groups in total. The lowest BCUT2D eigenvalue weighted by molar-refractivity contribution is 0.142. The van der Waals surface area contributed by atoms with Crippen LogP contribution in [-0.2, 0) is 0 Å². The van der Waals surface area contributed by atoms with Crippen LogP contribution in [0.2, 0.25) is 0 Å². The molecular formula is C15H28N2. The first-order chi connectivity index (χ1) is 8.19. The minimum Gasteiger partial charge on any atom is -0.311 e. The van der Waals surface area contributed by atoms with E-state index in [1.807, 2.05) is 0 Å². The van der Waals surface area contributed by atoms with Crippen molar-refractivity contribution in [3.8, 4) is 0 Å². The molecule has 2 aliphatic rings. The summed E-state index contributed by atoms with van der Waals surface area (Å²) in [6, 6.07) is 2.44. The van der Waals surface area contributed by atoms with E-state index in [4.69, 9.17) is 0 Å². The van der Waals surface area contributed by atoms with Gasteiger partial charge in [-0.3, -0.25) is 4.90 Å². The zero-order valence-corrected chi connectivity index (χ0v) is 11.5. The quantitative estimate of drug-likeness (QED) is 0.713. The van der Waals surface area contributed by atoms with Crippen molar-refractivity contribution in [1.82, 2.24) is 10.2 Å². The smallest absolute Gasteiger partial charge is 0.0125 e. The van der Waals surface area contributed by atoms with Gasteiger partial charge < -0.3 is 5.32 Å². The lowest BCUT2D eigenvalue weighted by Crippen LogP contribution is -2.48. The fourth-order valence-corrected chi connectivity index (χ4v) is 3.42. The third kappa shape index (κ3) is 3.56. The van der Waals surface area contributed by atoms with E-state index in [0.717, 1.165) is 18.1 Å². The Labute approximate surface area is 106 Å². The van der Waals surface area contributed by atoms with Crippen LogP contribution in [0.25, 0.3) is 0 Å². The summed E-state index contributed by atoms with van der Waals surface area (Å²) in [5.74, 6) is 0. The number of nitrogens with zero attached hydrogens (tertiary/aromatic N) is 1. The Morgan fingerprint density at radius 1 is 1.24 bits per heavy atom. The fourth-order valence-electron chi connectivity index (χ4n) is 3.42. The van der Waals surface area contributed by atoms with Gasteiger partial charge in [-0.15, -0.1) is 6.58 Å². The van der Waals surface area contributed by atoms with Crippen LogP contribution in [-0.4, -0.2) is 36.1 Å². The highest BCUT2D eigenvalue weighted by atomic mass is 15.2. The highest BCUT2D eigenvalue weighted by Gasteiger charge is 2.35. The lowest BCUT2D eigenvalue weighted by Gasteiger charge is -2.38. The first-order valence-electron chi connectivity index (χ1n) is 7.33. The van der Waals surface area contributed by atoms with Crippen LogP contribution >= 0.6 is 0 Å². The Morgan fingerprint density at radius 3 is 2.41 bits per heavy atom. The second kappa shape index (κ2) is 6.01. The zero-order valence-electron chi connectivity index (χ0n) is 11.5. The maximum Gasteiger partial charge on any atom is 0.0125 e. The largest absolute Gasteiger partial charge is 0.311 e. The average Bonchev–Trinajstić information content (AvgIpc) is 2.63. The molecule has 2 saturated heterocycles. The SMILES string of the molecule is C=C(C)CCN(CCC)C1CC2CCC(C1)N2. The van der Waals surface area contributed by atoms with Crippen molar-refractivity contribution in [2.45, 2.75) is 70.5 Å². The summed E-state index contributed by atoms with van der Waals surface area (Å²) < 4.78 is 0. The number of rotatable bonds is 6. The molecule has 0 aliphatic carbocycles. The van der Waals surface area contributed by atoms with Crippen molar-refractivity contribution in [2.75, 3.05) is 13.1 Å². The maximum absolute atomic E-state index is 4.04. The molecule has 2 aliphatic heterocycles. The second-order valence-corrected chi connectivity index (χ2v) is 6.01. The second-order valence-electron chi connectivity index (χ2n) is 6.01. The monoisotopic (exact) mass is 236 g/mol. The van der Waals surface area contributed by atoms with Gasteiger partial charge in [-0.1, -0.05) is 12.5 Å². The number of nitrogens with one attached hydrogen (secondary N) is 1. The van der Waals surface area contributed by atoms with Gasteiger partial charge in [0.2, 0.25) is 0 Å². The third-order valence-electron chi connectivity index (χ3n) is 4.30. The summed E-state index contributed by atoms with van der Waals surface area (Å²) in [6.07, 6.45) is 7.98. The van der Waals surface area contributed by atoms with Crippen molar-refractivity contribution in [2.24, 2.45) is 0 Å². The van der Waals surface area contributed by atoms with Gasteiger partial charge >= 0.3 is 0 Å². The van der Waals surface area contributed by atoms with Gasteiger partial charge in [0.25, 0.3) is 0 Å². The summed E-state index contributed by atoms with van der Waals surface area (Å²) in [5.41, 5.74) is 1.32. The van der Waals surface area contributed by atoms with E-state index < -0.39 is 0 Å². The van der Waals surface area contributed by atoms with Crippen molar-refractivity contribution < 1.29 is 0 Å². The molecule has 2 heterocycles. The molecule has 2 nitrogen and oxygen atoms in total. The zero-order chi connectivity index (χ0) is 12.3. The molecule has 0 aromatic rings. The molecule has 0 aromatic heterocycles. The lowest BCUT2D eigenvalue weighted by atomic mass is 9.97.